The molecule has 2 N–H and O–H groups in total. The average molecular weight is 308 g/mol. The van der Waals surface area contributed by atoms with Gasteiger partial charge in [0.25, 0.3) is 0 Å². The molecule has 3 rings (SSSR count). The topological polar surface area (TPSA) is 59.6 Å². The van der Waals surface area contributed by atoms with Crippen LogP contribution in [0.2, 0.25) is 0 Å². The maximum absolute atomic E-state index is 11.8. The molecule has 0 bridgehead atoms. The molecule has 2 fully saturated rings. The van der Waals surface area contributed by atoms with Crippen molar-refractivity contribution < 1.29 is 14.3 Å². The Labute approximate surface area is 132 Å². The van der Waals surface area contributed by atoms with Gasteiger partial charge in [0, 0.05) is 25.9 Å². The minimum atomic E-state index is -0.298. The fourth-order valence-corrected chi connectivity index (χ4v) is 3.71. The van der Waals surface area contributed by atoms with Gasteiger partial charge in [-0.3, -0.25) is 0 Å². The van der Waals surface area contributed by atoms with Crippen molar-refractivity contribution >= 4 is 6.03 Å². The molecule has 1 spiro atoms. The average Bonchev–Trinajstić information content (AvgIpc) is 3.19. The second kappa shape index (κ2) is 7.47. The summed E-state index contributed by atoms with van der Waals surface area (Å²) in [6.45, 7) is 2.95. The molecule has 1 saturated heterocycles. The van der Waals surface area contributed by atoms with Crippen LogP contribution in [-0.2, 0) is 9.47 Å². The summed E-state index contributed by atoms with van der Waals surface area (Å²) >= 11 is 0. The Morgan fingerprint density at radius 3 is 2.68 bits per heavy atom. The smallest absolute Gasteiger partial charge is 0.314 e. The minimum absolute atomic E-state index is 0.0350. The first-order valence-corrected chi connectivity index (χ1v) is 8.73. The van der Waals surface area contributed by atoms with E-state index in [0.717, 1.165) is 58.4 Å². The van der Waals surface area contributed by atoms with Gasteiger partial charge in [0.05, 0.1) is 13.2 Å². The van der Waals surface area contributed by atoms with Crippen molar-refractivity contribution in [3.05, 3.63) is 11.6 Å². The highest BCUT2D eigenvalue weighted by Crippen LogP contribution is 2.37. The van der Waals surface area contributed by atoms with Crippen LogP contribution in [0.3, 0.4) is 0 Å². The molecule has 22 heavy (non-hydrogen) atoms. The Kier molecular flexibility index (Phi) is 5.37. The van der Waals surface area contributed by atoms with Gasteiger partial charge < -0.3 is 20.1 Å². The third-order valence-corrected chi connectivity index (χ3v) is 5.10. The van der Waals surface area contributed by atoms with Gasteiger partial charge in [0.1, 0.15) is 0 Å². The number of amides is 2. The summed E-state index contributed by atoms with van der Waals surface area (Å²) in [5, 5.41) is 5.96. The predicted molar refractivity (Wildman–Crippen MR) is 84.5 cm³/mol. The van der Waals surface area contributed by atoms with Crippen molar-refractivity contribution in [1.82, 2.24) is 10.6 Å². The van der Waals surface area contributed by atoms with Gasteiger partial charge in [0.2, 0.25) is 0 Å². The monoisotopic (exact) mass is 308 g/mol. The van der Waals surface area contributed by atoms with E-state index in [4.69, 9.17) is 9.47 Å². The molecule has 0 aromatic rings. The van der Waals surface area contributed by atoms with Gasteiger partial charge in [-0.2, -0.15) is 0 Å². The number of carbonyl (C=O) groups is 1. The molecule has 5 heteroatoms. The van der Waals surface area contributed by atoms with E-state index in [9.17, 15) is 4.79 Å². The first-order valence-electron chi connectivity index (χ1n) is 8.73. The fourth-order valence-electron chi connectivity index (χ4n) is 3.71. The normalized spacial score (nSPS) is 24.5. The summed E-state index contributed by atoms with van der Waals surface area (Å²) in [5.41, 5.74) is 1.49. The van der Waals surface area contributed by atoms with Gasteiger partial charge >= 0.3 is 6.03 Å². The van der Waals surface area contributed by atoms with Crippen LogP contribution in [0.5, 0.6) is 0 Å². The van der Waals surface area contributed by atoms with E-state index >= 15 is 0 Å². The molecular formula is C17H28N2O3. The van der Waals surface area contributed by atoms with Gasteiger partial charge in [-0.1, -0.05) is 11.6 Å². The van der Waals surface area contributed by atoms with Gasteiger partial charge in [-0.25, -0.2) is 4.79 Å². The van der Waals surface area contributed by atoms with Crippen LogP contribution in [0.15, 0.2) is 11.6 Å². The summed E-state index contributed by atoms with van der Waals surface area (Å²) in [7, 11) is 0. The van der Waals surface area contributed by atoms with Gasteiger partial charge in [-0.05, 0) is 44.4 Å². The molecule has 5 nitrogen and oxygen atoms in total. The van der Waals surface area contributed by atoms with Crippen LogP contribution in [0.4, 0.5) is 4.79 Å². The summed E-state index contributed by atoms with van der Waals surface area (Å²) in [5.74, 6) is 0.245. The van der Waals surface area contributed by atoms with Crippen LogP contribution >= 0.6 is 0 Å². The number of hydrogen-bond acceptors (Lipinski definition) is 3. The summed E-state index contributed by atoms with van der Waals surface area (Å²) in [6.07, 6.45) is 11.0. The molecule has 1 saturated carbocycles. The van der Waals surface area contributed by atoms with E-state index in [0.29, 0.717) is 5.92 Å². The lowest BCUT2D eigenvalue weighted by Gasteiger charge is -2.35. The maximum atomic E-state index is 11.8. The standard InChI is InChI=1S/C17H28N2O3/c20-16(18-10-7-14-3-1-2-4-14)19-13-15-5-8-17(9-6-15)21-11-12-22-17/h3,15H,1-2,4-13H2,(H2,18,19,20). The lowest BCUT2D eigenvalue weighted by Crippen LogP contribution is -2.42. The van der Waals surface area contributed by atoms with Gasteiger partial charge in [-0.15, -0.1) is 0 Å². The molecule has 1 heterocycles. The van der Waals surface area contributed by atoms with Crippen molar-refractivity contribution in [2.24, 2.45) is 5.92 Å². The predicted octanol–water partition coefficient (Wildman–Crippen LogP) is 2.72. The Bertz CT molecular complexity index is 406. The molecule has 2 amide bonds. The van der Waals surface area contributed by atoms with E-state index in [-0.39, 0.29) is 11.8 Å². The minimum Gasteiger partial charge on any atom is -0.348 e. The molecule has 0 aromatic carbocycles. The molecule has 2 aliphatic carbocycles. The second-order valence-corrected chi connectivity index (χ2v) is 6.69. The summed E-state index contributed by atoms with van der Waals surface area (Å²) < 4.78 is 11.5. The number of rotatable bonds is 5. The quantitative estimate of drug-likeness (QED) is 0.768. The van der Waals surface area contributed by atoms with Crippen LogP contribution in [0.1, 0.15) is 51.4 Å². The largest absolute Gasteiger partial charge is 0.348 e. The van der Waals surface area contributed by atoms with E-state index in [1.165, 1.54) is 24.8 Å². The number of ether oxygens (including phenoxy) is 2. The van der Waals surface area contributed by atoms with E-state index in [2.05, 4.69) is 16.7 Å². The van der Waals surface area contributed by atoms with Crippen molar-refractivity contribution in [2.75, 3.05) is 26.3 Å². The number of hydrogen-bond donors (Lipinski definition) is 2. The van der Waals surface area contributed by atoms with Crippen LogP contribution < -0.4 is 10.6 Å². The highest BCUT2D eigenvalue weighted by Gasteiger charge is 2.40. The SMILES string of the molecule is O=C(NCCC1=CCCC1)NCC1CCC2(CC1)OCCO2. The molecule has 0 unspecified atom stereocenters. The molecule has 0 aromatic heterocycles. The highest BCUT2D eigenvalue weighted by molar-refractivity contribution is 5.73. The number of carbonyl (C=O) groups excluding carboxylic acids is 1. The zero-order valence-electron chi connectivity index (χ0n) is 13.4. The van der Waals surface area contributed by atoms with Crippen molar-refractivity contribution in [3.63, 3.8) is 0 Å². The Morgan fingerprint density at radius 1 is 1.23 bits per heavy atom. The first kappa shape index (κ1) is 15.8. The first-order chi connectivity index (χ1) is 10.8. The van der Waals surface area contributed by atoms with Crippen molar-refractivity contribution in [2.45, 2.75) is 57.2 Å². The Morgan fingerprint density at radius 2 is 2.00 bits per heavy atom. The van der Waals surface area contributed by atoms with Crippen LogP contribution in [-0.4, -0.2) is 38.1 Å². The highest BCUT2D eigenvalue weighted by atomic mass is 16.7. The van der Waals surface area contributed by atoms with E-state index < -0.39 is 0 Å². The molecule has 124 valence electrons. The molecule has 3 aliphatic rings. The Balaban J connectivity index is 1.27. The molecule has 0 radical (unpaired) electrons. The molecule has 1 aliphatic heterocycles. The number of urea groups is 1. The van der Waals surface area contributed by atoms with Crippen molar-refractivity contribution in [3.8, 4) is 0 Å². The fraction of sp³-hybridized carbons (Fsp3) is 0.824. The van der Waals surface area contributed by atoms with Crippen molar-refractivity contribution in [1.29, 1.82) is 0 Å². The summed E-state index contributed by atoms with van der Waals surface area (Å²) in [4.78, 5) is 11.8. The van der Waals surface area contributed by atoms with Crippen LogP contribution in [0, 0.1) is 5.92 Å². The second-order valence-electron chi connectivity index (χ2n) is 6.69. The summed E-state index contributed by atoms with van der Waals surface area (Å²) in [6, 6.07) is -0.0350. The Hall–Kier alpha value is -1.07. The molecular weight excluding hydrogens is 280 g/mol. The maximum Gasteiger partial charge on any atom is 0.314 e. The zero-order chi connectivity index (χ0) is 15.3. The number of allylic oxidation sites excluding steroid dienone is 1. The molecule has 0 atom stereocenters. The third-order valence-electron chi connectivity index (χ3n) is 5.10. The van der Waals surface area contributed by atoms with E-state index in [1.54, 1.807) is 0 Å². The third kappa shape index (κ3) is 4.23. The lowest BCUT2D eigenvalue weighted by atomic mass is 9.85. The van der Waals surface area contributed by atoms with Crippen LogP contribution in [0.25, 0.3) is 0 Å². The lowest BCUT2D eigenvalue weighted by molar-refractivity contribution is -0.182. The van der Waals surface area contributed by atoms with Gasteiger partial charge in [0.15, 0.2) is 5.79 Å². The van der Waals surface area contributed by atoms with E-state index in [1.807, 2.05) is 0 Å². The zero-order valence-corrected chi connectivity index (χ0v) is 13.4. The number of nitrogens with one attached hydrogen (secondary N) is 2.